The number of nitrogens with one attached hydrogen (secondary N) is 2. The summed E-state index contributed by atoms with van der Waals surface area (Å²) in [6.45, 7) is 5.42. The fraction of sp³-hybridized carbons (Fsp3) is 0.190. The zero-order valence-corrected chi connectivity index (χ0v) is 16.3. The lowest BCUT2D eigenvalue weighted by Crippen LogP contribution is -2.14. The van der Waals surface area contributed by atoms with Crippen LogP contribution in [-0.4, -0.2) is 16.8 Å². The average molecular weight is 379 g/mol. The third kappa shape index (κ3) is 5.01. The molecule has 0 aliphatic rings. The first-order chi connectivity index (χ1) is 12.9. The molecule has 138 valence electrons. The van der Waals surface area contributed by atoms with Gasteiger partial charge < -0.3 is 10.6 Å². The summed E-state index contributed by atoms with van der Waals surface area (Å²) in [7, 11) is 0. The molecular formula is C21H21N3O2S. The summed E-state index contributed by atoms with van der Waals surface area (Å²) in [5.74, 6) is -0.264. The zero-order chi connectivity index (χ0) is 19.4. The zero-order valence-electron chi connectivity index (χ0n) is 15.5. The number of thiazole rings is 1. The average Bonchev–Trinajstić information content (AvgIpc) is 2.95. The third-order valence-corrected chi connectivity index (χ3v) is 5.19. The number of carbonyl (C=O) groups is 2. The number of aromatic nitrogens is 1. The Kier molecular flexibility index (Phi) is 5.66. The minimum absolute atomic E-state index is 0.114. The Balaban J connectivity index is 1.69. The van der Waals surface area contributed by atoms with E-state index < -0.39 is 0 Å². The number of aryl methyl sites for hydroxylation is 2. The summed E-state index contributed by atoms with van der Waals surface area (Å²) in [6, 6.07) is 15.3. The minimum atomic E-state index is -0.151. The maximum atomic E-state index is 12.4. The molecule has 0 radical (unpaired) electrons. The van der Waals surface area contributed by atoms with Crippen LogP contribution in [0.2, 0.25) is 0 Å². The second-order valence-electron chi connectivity index (χ2n) is 6.38. The lowest BCUT2D eigenvalue weighted by atomic mass is 10.2. The van der Waals surface area contributed by atoms with E-state index in [1.54, 1.807) is 24.3 Å². The molecule has 5 nitrogen and oxygen atoms in total. The van der Waals surface area contributed by atoms with Crippen LogP contribution < -0.4 is 10.6 Å². The largest absolute Gasteiger partial charge is 0.326 e. The van der Waals surface area contributed by atoms with Crippen LogP contribution in [0, 0.1) is 13.8 Å². The van der Waals surface area contributed by atoms with Crippen molar-refractivity contribution in [3.05, 3.63) is 64.7 Å². The number of hydrogen-bond donors (Lipinski definition) is 2. The van der Waals surface area contributed by atoms with E-state index in [0.717, 1.165) is 21.1 Å². The first-order valence-electron chi connectivity index (χ1n) is 8.61. The smallest absolute Gasteiger partial charge is 0.229 e. The topological polar surface area (TPSA) is 71.1 Å². The predicted octanol–water partition coefficient (Wildman–Crippen LogP) is 4.57. The van der Waals surface area contributed by atoms with Gasteiger partial charge in [0.2, 0.25) is 11.8 Å². The quantitative estimate of drug-likeness (QED) is 0.682. The molecule has 2 amide bonds. The van der Waals surface area contributed by atoms with Gasteiger partial charge in [-0.25, -0.2) is 4.98 Å². The van der Waals surface area contributed by atoms with Crippen molar-refractivity contribution in [1.29, 1.82) is 0 Å². The van der Waals surface area contributed by atoms with E-state index in [2.05, 4.69) is 27.8 Å². The van der Waals surface area contributed by atoms with Crippen molar-refractivity contribution >= 4 is 34.5 Å². The Bertz CT molecular complexity index is 977. The van der Waals surface area contributed by atoms with E-state index in [9.17, 15) is 9.59 Å². The predicted molar refractivity (Wildman–Crippen MR) is 110 cm³/mol. The van der Waals surface area contributed by atoms with Gasteiger partial charge in [0.05, 0.1) is 12.1 Å². The fourth-order valence-electron chi connectivity index (χ4n) is 2.64. The van der Waals surface area contributed by atoms with Crippen molar-refractivity contribution < 1.29 is 9.59 Å². The molecule has 0 aliphatic carbocycles. The summed E-state index contributed by atoms with van der Waals surface area (Å²) in [5.41, 5.74) is 4.43. The van der Waals surface area contributed by atoms with Gasteiger partial charge in [-0.1, -0.05) is 35.9 Å². The molecule has 2 aromatic carbocycles. The molecule has 0 saturated heterocycles. The standard InChI is InChI=1S/C21H21N3O2S/c1-13-7-9-16(10-8-13)21-22-14(2)19(27-21)12-20(26)24-18-6-4-5-17(11-18)23-15(3)25/h4-11H,12H2,1-3H3,(H,23,25)(H,24,26). The second kappa shape index (κ2) is 8.14. The van der Waals surface area contributed by atoms with Gasteiger partial charge in [-0.05, 0) is 32.0 Å². The van der Waals surface area contributed by atoms with Gasteiger partial charge in [-0.2, -0.15) is 0 Å². The first kappa shape index (κ1) is 18.8. The lowest BCUT2D eigenvalue weighted by Gasteiger charge is -2.07. The molecule has 2 N–H and O–H groups in total. The Morgan fingerprint density at radius 1 is 1.00 bits per heavy atom. The molecule has 0 aliphatic heterocycles. The van der Waals surface area contributed by atoms with Crippen molar-refractivity contribution in [3.8, 4) is 10.6 Å². The van der Waals surface area contributed by atoms with Crippen molar-refractivity contribution in [3.63, 3.8) is 0 Å². The molecule has 6 heteroatoms. The Morgan fingerprint density at radius 2 is 1.67 bits per heavy atom. The Morgan fingerprint density at radius 3 is 2.33 bits per heavy atom. The molecule has 27 heavy (non-hydrogen) atoms. The second-order valence-corrected chi connectivity index (χ2v) is 7.46. The Hall–Kier alpha value is -2.99. The van der Waals surface area contributed by atoms with E-state index in [-0.39, 0.29) is 18.2 Å². The van der Waals surface area contributed by atoms with Gasteiger partial charge >= 0.3 is 0 Å². The molecule has 0 atom stereocenters. The molecule has 0 saturated carbocycles. The number of hydrogen-bond acceptors (Lipinski definition) is 4. The highest BCUT2D eigenvalue weighted by molar-refractivity contribution is 7.15. The lowest BCUT2D eigenvalue weighted by molar-refractivity contribution is -0.115. The van der Waals surface area contributed by atoms with E-state index in [1.165, 1.54) is 23.8 Å². The summed E-state index contributed by atoms with van der Waals surface area (Å²) in [6.07, 6.45) is 0.264. The van der Waals surface area contributed by atoms with Crippen LogP contribution in [0.1, 0.15) is 23.1 Å². The number of rotatable bonds is 5. The van der Waals surface area contributed by atoms with Crippen molar-refractivity contribution in [2.75, 3.05) is 10.6 Å². The van der Waals surface area contributed by atoms with Crippen LogP contribution >= 0.6 is 11.3 Å². The third-order valence-electron chi connectivity index (χ3n) is 3.98. The van der Waals surface area contributed by atoms with Gasteiger partial charge in [-0.3, -0.25) is 9.59 Å². The molecular weight excluding hydrogens is 358 g/mol. The van der Waals surface area contributed by atoms with E-state index in [0.29, 0.717) is 11.4 Å². The molecule has 1 aromatic heterocycles. The number of amides is 2. The highest BCUT2D eigenvalue weighted by atomic mass is 32.1. The molecule has 3 aromatic rings. The summed E-state index contributed by atoms with van der Waals surface area (Å²) >= 11 is 1.54. The molecule has 0 spiro atoms. The van der Waals surface area contributed by atoms with E-state index in [1.807, 2.05) is 26.0 Å². The summed E-state index contributed by atoms with van der Waals surface area (Å²) in [4.78, 5) is 29.2. The van der Waals surface area contributed by atoms with Crippen LogP contribution in [0.15, 0.2) is 48.5 Å². The normalized spacial score (nSPS) is 10.5. The highest BCUT2D eigenvalue weighted by Crippen LogP contribution is 2.28. The maximum absolute atomic E-state index is 12.4. The minimum Gasteiger partial charge on any atom is -0.326 e. The van der Waals surface area contributed by atoms with Gasteiger partial charge in [0.15, 0.2) is 0 Å². The number of nitrogens with zero attached hydrogens (tertiary/aromatic N) is 1. The molecule has 0 unspecified atom stereocenters. The van der Waals surface area contributed by atoms with Crippen molar-refractivity contribution in [1.82, 2.24) is 4.98 Å². The van der Waals surface area contributed by atoms with Crippen LogP contribution in [0.4, 0.5) is 11.4 Å². The van der Waals surface area contributed by atoms with Crippen LogP contribution in [0.3, 0.4) is 0 Å². The van der Waals surface area contributed by atoms with Crippen molar-refractivity contribution in [2.45, 2.75) is 27.2 Å². The molecule has 1 heterocycles. The van der Waals surface area contributed by atoms with Gasteiger partial charge in [-0.15, -0.1) is 11.3 Å². The number of anilines is 2. The fourth-order valence-corrected chi connectivity index (χ4v) is 3.71. The van der Waals surface area contributed by atoms with E-state index in [4.69, 9.17) is 0 Å². The van der Waals surface area contributed by atoms with Gasteiger partial charge in [0.25, 0.3) is 0 Å². The Labute approximate surface area is 162 Å². The monoisotopic (exact) mass is 379 g/mol. The van der Waals surface area contributed by atoms with Crippen LogP contribution in [0.5, 0.6) is 0 Å². The summed E-state index contributed by atoms with van der Waals surface area (Å²) in [5, 5.41) is 6.50. The number of benzene rings is 2. The van der Waals surface area contributed by atoms with E-state index >= 15 is 0 Å². The molecule has 3 rings (SSSR count). The summed E-state index contributed by atoms with van der Waals surface area (Å²) < 4.78 is 0. The maximum Gasteiger partial charge on any atom is 0.229 e. The van der Waals surface area contributed by atoms with Crippen LogP contribution in [-0.2, 0) is 16.0 Å². The van der Waals surface area contributed by atoms with Gasteiger partial charge in [0, 0.05) is 28.7 Å². The molecule has 0 fully saturated rings. The molecule has 0 bridgehead atoms. The highest BCUT2D eigenvalue weighted by Gasteiger charge is 2.13. The van der Waals surface area contributed by atoms with Gasteiger partial charge in [0.1, 0.15) is 5.01 Å². The van der Waals surface area contributed by atoms with Crippen molar-refractivity contribution in [2.24, 2.45) is 0 Å². The first-order valence-corrected chi connectivity index (χ1v) is 9.43. The number of carbonyl (C=O) groups excluding carboxylic acids is 2. The SMILES string of the molecule is CC(=O)Nc1cccc(NC(=O)Cc2sc(-c3ccc(C)cc3)nc2C)c1. The van der Waals surface area contributed by atoms with Crippen LogP contribution in [0.25, 0.3) is 10.6 Å².